The first-order valence-corrected chi connectivity index (χ1v) is 6.82. The van der Waals surface area contributed by atoms with Crippen LogP contribution in [0.2, 0.25) is 0 Å². The molecule has 2 aliphatic rings. The van der Waals surface area contributed by atoms with E-state index in [2.05, 4.69) is 0 Å². The predicted octanol–water partition coefficient (Wildman–Crippen LogP) is 1.41. The van der Waals surface area contributed by atoms with E-state index in [1.54, 1.807) is 0 Å². The Hall–Kier alpha value is -1.10. The van der Waals surface area contributed by atoms with Gasteiger partial charge < -0.3 is 14.7 Å². The molecule has 0 aromatic heterocycles. The van der Waals surface area contributed by atoms with Gasteiger partial charge in [-0.3, -0.25) is 9.59 Å². The summed E-state index contributed by atoms with van der Waals surface area (Å²) in [6.45, 7) is 1.19. The van der Waals surface area contributed by atoms with Crippen molar-refractivity contribution in [3.8, 4) is 0 Å². The fraction of sp³-hybridized carbons (Fsp3) is 0.846. The lowest BCUT2D eigenvalue weighted by molar-refractivity contribution is -0.158. The van der Waals surface area contributed by atoms with Crippen LogP contribution in [0.1, 0.15) is 44.9 Å². The van der Waals surface area contributed by atoms with Crippen LogP contribution >= 0.6 is 0 Å². The van der Waals surface area contributed by atoms with E-state index in [0.717, 1.165) is 12.8 Å². The van der Waals surface area contributed by atoms with Crippen LogP contribution in [0.15, 0.2) is 0 Å². The van der Waals surface area contributed by atoms with Gasteiger partial charge in [-0.1, -0.05) is 19.3 Å². The maximum absolute atomic E-state index is 12.2. The molecule has 0 aromatic rings. The lowest BCUT2D eigenvalue weighted by Crippen LogP contribution is -2.52. The van der Waals surface area contributed by atoms with Gasteiger partial charge in [-0.25, -0.2) is 0 Å². The molecule has 5 nitrogen and oxygen atoms in total. The van der Waals surface area contributed by atoms with Gasteiger partial charge in [0.15, 0.2) is 0 Å². The maximum atomic E-state index is 12.2. The Bertz CT molecular complexity index is 312. The van der Waals surface area contributed by atoms with Gasteiger partial charge >= 0.3 is 5.97 Å². The second-order valence-corrected chi connectivity index (χ2v) is 5.12. The molecule has 1 amide bonds. The minimum Gasteiger partial charge on any atom is -0.481 e. The molecule has 2 fully saturated rings. The van der Waals surface area contributed by atoms with Gasteiger partial charge in [0.1, 0.15) is 6.10 Å². The first-order valence-electron chi connectivity index (χ1n) is 6.82. The lowest BCUT2D eigenvalue weighted by Gasteiger charge is -2.39. The second-order valence-electron chi connectivity index (χ2n) is 5.12. The second kappa shape index (κ2) is 6.18. The van der Waals surface area contributed by atoms with Crippen molar-refractivity contribution in [3.63, 3.8) is 0 Å². The number of carbonyl (C=O) groups is 2. The van der Waals surface area contributed by atoms with Crippen LogP contribution in [-0.4, -0.2) is 47.2 Å². The van der Waals surface area contributed by atoms with Crippen molar-refractivity contribution in [2.24, 2.45) is 0 Å². The standard InChI is InChI=1S/C13H21NO4/c15-12(16)7-6-11-13(17)14(8-9-18-11)10-4-2-1-3-5-10/h10-11H,1-9H2,(H,15,16). The number of amides is 1. The molecular weight excluding hydrogens is 234 g/mol. The molecule has 1 saturated heterocycles. The molecule has 2 rings (SSSR count). The third-order valence-corrected chi connectivity index (χ3v) is 3.85. The number of rotatable bonds is 4. The topological polar surface area (TPSA) is 66.8 Å². The smallest absolute Gasteiger partial charge is 0.303 e. The Morgan fingerprint density at radius 3 is 2.72 bits per heavy atom. The molecule has 102 valence electrons. The Morgan fingerprint density at radius 2 is 2.06 bits per heavy atom. The number of nitrogens with zero attached hydrogens (tertiary/aromatic N) is 1. The number of carboxylic acids is 1. The van der Waals surface area contributed by atoms with Gasteiger partial charge in [-0.15, -0.1) is 0 Å². The summed E-state index contributed by atoms with van der Waals surface area (Å²) in [6.07, 6.45) is 5.54. The summed E-state index contributed by atoms with van der Waals surface area (Å²) in [7, 11) is 0. The Kier molecular flexibility index (Phi) is 4.58. The first kappa shape index (κ1) is 13.3. The molecule has 0 radical (unpaired) electrons. The lowest BCUT2D eigenvalue weighted by atomic mass is 9.93. The zero-order chi connectivity index (χ0) is 13.0. The van der Waals surface area contributed by atoms with E-state index in [4.69, 9.17) is 9.84 Å². The monoisotopic (exact) mass is 255 g/mol. The average molecular weight is 255 g/mol. The van der Waals surface area contributed by atoms with E-state index in [9.17, 15) is 9.59 Å². The fourth-order valence-electron chi connectivity index (χ4n) is 2.88. The molecule has 0 spiro atoms. The van der Waals surface area contributed by atoms with Crippen molar-refractivity contribution < 1.29 is 19.4 Å². The average Bonchev–Trinajstić information content (AvgIpc) is 2.38. The highest BCUT2D eigenvalue weighted by Crippen LogP contribution is 2.25. The Balaban J connectivity index is 1.91. The number of morpholine rings is 1. The number of hydrogen-bond acceptors (Lipinski definition) is 3. The number of carbonyl (C=O) groups excluding carboxylic acids is 1. The summed E-state index contributed by atoms with van der Waals surface area (Å²) < 4.78 is 5.41. The van der Waals surface area contributed by atoms with Gasteiger partial charge in [0.05, 0.1) is 6.61 Å². The Labute approximate surface area is 107 Å². The van der Waals surface area contributed by atoms with Crippen molar-refractivity contribution in [2.45, 2.75) is 57.1 Å². The highest BCUT2D eigenvalue weighted by molar-refractivity contribution is 5.82. The van der Waals surface area contributed by atoms with Gasteiger partial charge in [-0.2, -0.15) is 0 Å². The number of aliphatic carboxylic acids is 1. The van der Waals surface area contributed by atoms with Crippen molar-refractivity contribution in [2.75, 3.05) is 13.2 Å². The van der Waals surface area contributed by atoms with E-state index < -0.39 is 12.1 Å². The van der Waals surface area contributed by atoms with Crippen LogP contribution in [0.5, 0.6) is 0 Å². The maximum Gasteiger partial charge on any atom is 0.303 e. The van der Waals surface area contributed by atoms with Gasteiger partial charge in [-0.05, 0) is 19.3 Å². The van der Waals surface area contributed by atoms with E-state index >= 15 is 0 Å². The van der Waals surface area contributed by atoms with Gasteiger partial charge in [0, 0.05) is 19.0 Å². The quantitative estimate of drug-likeness (QED) is 0.824. The highest BCUT2D eigenvalue weighted by atomic mass is 16.5. The molecule has 5 heteroatoms. The molecule has 0 aromatic carbocycles. The zero-order valence-corrected chi connectivity index (χ0v) is 10.6. The molecular formula is C13H21NO4. The SMILES string of the molecule is O=C(O)CCC1OCCN(C2CCCCC2)C1=O. The fourth-order valence-corrected chi connectivity index (χ4v) is 2.88. The van der Waals surface area contributed by atoms with E-state index in [0.29, 0.717) is 19.2 Å². The van der Waals surface area contributed by atoms with E-state index in [1.165, 1.54) is 19.3 Å². The predicted molar refractivity (Wildman–Crippen MR) is 65.2 cm³/mol. The molecule has 18 heavy (non-hydrogen) atoms. The molecule has 1 aliphatic carbocycles. The molecule has 1 N–H and O–H groups in total. The Morgan fingerprint density at radius 1 is 1.33 bits per heavy atom. The van der Waals surface area contributed by atoms with E-state index in [-0.39, 0.29) is 18.7 Å². The number of ether oxygens (including phenoxy) is 1. The first-order chi connectivity index (χ1) is 8.68. The minimum atomic E-state index is -0.874. The van der Waals surface area contributed by atoms with Gasteiger partial charge in [0.25, 0.3) is 5.91 Å². The third kappa shape index (κ3) is 3.22. The molecule has 1 aliphatic heterocycles. The van der Waals surface area contributed by atoms with Crippen LogP contribution in [0.4, 0.5) is 0 Å². The van der Waals surface area contributed by atoms with Crippen molar-refractivity contribution in [1.82, 2.24) is 4.90 Å². The highest BCUT2D eigenvalue weighted by Gasteiger charge is 2.34. The van der Waals surface area contributed by atoms with Crippen LogP contribution in [-0.2, 0) is 14.3 Å². The van der Waals surface area contributed by atoms with Crippen molar-refractivity contribution in [1.29, 1.82) is 0 Å². The number of hydrogen-bond donors (Lipinski definition) is 1. The van der Waals surface area contributed by atoms with Crippen LogP contribution in [0, 0.1) is 0 Å². The van der Waals surface area contributed by atoms with Crippen LogP contribution < -0.4 is 0 Å². The summed E-state index contributed by atoms with van der Waals surface area (Å²) in [5.41, 5.74) is 0. The van der Waals surface area contributed by atoms with Crippen LogP contribution in [0.25, 0.3) is 0 Å². The molecule has 1 saturated carbocycles. The zero-order valence-electron chi connectivity index (χ0n) is 10.6. The summed E-state index contributed by atoms with van der Waals surface area (Å²) >= 11 is 0. The molecule has 1 heterocycles. The van der Waals surface area contributed by atoms with Gasteiger partial charge in [0.2, 0.25) is 0 Å². The van der Waals surface area contributed by atoms with Crippen LogP contribution in [0.3, 0.4) is 0 Å². The summed E-state index contributed by atoms with van der Waals surface area (Å²) in [5.74, 6) is -0.879. The van der Waals surface area contributed by atoms with E-state index in [1.807, 2.05) is 4.90 Å². The number of carboxylic acid groups (broad SMARTS) is 1. The minimum absolute atomic E-state index is 0.00505. The molecule has 0 bridgehead atoms. The normalized spacial score (nSPS) is 26.3. The molecule has 1 atom stereocenters. The summed E-state index contributed by atoms with van der Waals surface area (Å²) in [5, 5.41) is 8.66. The summed E-state index contributed by atoms with van der Waals surface area (Å²) in [6, 6.07) is 0.350. The molecule has 1 unspecified atom stereocenters. The largest absolute Gasteiger partial charge is 0.481 e. The van der Waals surface area contributed by atoms with Crippen molar-refractivity contribution in [3.05, 3.63) is 0 Å². The summed E-state index contributed by atoms with van der Waals surface area (Å²) in [4.78, 5) is 24.7. The third-order valence-electron chi connectivity index (χ3n) is 3.85. The van der Waals surface area contributed by atoms with Crippen molar-refractivity contribution >= 4 is 11.9 Å².